The van der Waals surface area contributed by atoms with Crippen LogP contribution in [0.15, 0.2) is 54.0 Å². The van der Waals surface area contributed by atoms with Gasteiger partial charge < -0.3 is 10.3 Å². The summed E-state index contributed by atoms with van der Waals surface area (Å²) < 4.78 is 1.58. The molecule has 0 saturated heterocycles. The summed E-state index contributed by atoms with van der Waals surface area (Å²) in [5.41, 5.74) is 1.97. The zero-order chi connectivity index (χ0) is 18.6. The van der Waals surface area contributed by atoms with Gasteiger partial charge in [0.15, 0.2) is 0 Å². The molecule has 0 bridgehead atoms. The first-order valence-electron chi connectivity index (χ1n) is 9.00. The van der Waals surface area contributed by atoms with Gasteiger partial charge in [0.1, 0.15) is 5.69 Å². The maximum absolute atomic E-state index is 12.3. The van der Waals surface area contributed by atoms with E-state index in [0.717, 1.165) is 36.9 Å². The van der Waals surface area contributed by atoms with Crippen LogP contribution in [0.1, 0.15) is 42.2 Å². The monoisotopic (exact) mass is 364 g/mol. The number of amides is 1. The van der Waals surface area contributed by atoms with Gasteiger partial charge in [0, 0.05) is 30.1 Å². The van der Waals surface area contributed by atoms with Crippen molar-refractivity contribution >= 4 is 5.91 Å². The fourth-order valence-corrected chi connectivity index (χ4v) is 3.46. The Bertz CT molecular complexity index is 959. The molecule has 1 saturated carbocycles. The highest BCUT2D eigenvalue weighted by atomic mass is 16.2. The van der Waals surface area contributed by atoms with E-state index in [4.69, 9.17) is 0 Å². The molecule has 0 atom stereocenters. The predicted octanol–water partition coefficient (Wildman–Crippen LogP) is 1.94. The van der Waals surface area contributed by atoms with Crippen molar-refractivity contribution in [2.75, 3.05) is 0 Å². The molecule has 1 aliphatic rings. The Kier molecular flexibility index (Phi) is 4.78. The van der Waals surface area contributed by atoms with Crippen molar-refractivity contribution in [3.05, 3.63) is 65.2 Å². The van der Waals surface area contributed by atoms with Gasteiger partial charge in [-0.05, 0) is 43.9 Å². The number of hydrogen-bond donors (Lipinski definition) is 2. The van der Waals surface area contributed by atoms with Crippen LogP contribution in [0, 0.1) is 0 Å². The lowest BCUT2D eigenvalue weighted by Crippen LogP contribution is -2.39. The number of nitrogens with one attached hydrogen (secondary N) is 2. The van der Waals surface area contributed by atoms with Gasteiger partial charge in [0.2, 0.25) is 0 Å². The number of hydrogen-bond acceptors (Lipinski definition) is 5. The van der Waals surface area contributed by atoms with Gasteiger partial charge in [-0.1, -0.05) is 0 Å². The Morgan fingerprint density at radius 3 is 2.67 bits per heavy atom. The van der Waals surface area contributed by atoms with Gasteiger partial charge >= 0.3 is 0 Å². The maximum atomic E-state index is 12.3. The number of nitrogens with zero attached hydrogens (tertiary/aromatic N) is 4. The molecule has 0 unspecified atom stereocenters. The van der Waals surface area contributed by atoms with E-state index >= 15 is 0 Å². The molecular formula is C19H20N6O2. The van der Waals surface area contributed by atoms with Crippen molar-refractivity contribution in [2.24, 2.45) is 0 Å². The molecule has 3 aromatic rings. The van der Waals surface area contributed by atoms with Gasteiger partial charge in [-0.25, -0.2) is 9.67 Å². The molecule has 4 rings (SSSR count). The quantitative estimate of drug-likeness (QED) is 0.736. The molecule has 0 aromatic carbocycles. The number of carbonyl (C=O) groups is 1. The van der Waals surface area contributed by atoms with Crippen LogP contribution in [-0.4, -0.2) is 36.7 Å². The summed E-state index contributed by atoms with van der Waals surface area (Å²) in [6, 6.07) is 7.18. The third kappa shape index (κ3) is 3.79. The SMILES string of the molecule is O=C(NC1CCC(n2nc(-c3cccnc3)ccc2=O)CC1)c1cnc[nH]1. The molecule has 1 amide bonds. The molecule has 3 aromatic heterocycles. The van der Waals surface area contributed by atoms with Crippen LogP contribution in [0.5, 0.6) is 0 Å². The molecule has 138 valence electrons. The third-order valence-corrected chi connectivity index (χ3v) is 4.90. The Labute approximate surface area is 155 Å². The zero-order valence-corrected chi connectivity index (χ0v) is 14.7. The van der Waals surface area contributed by atoms with Crippen LogP contribution in [0.4, 0.5) is 0 Å². The Balaban J connectivity index is 1.44. The minimum absolute atomic E-state index is 0.0365. The fourth-order valence-electron chi connectivity index (χ4n) is 3.46. The molecule has 0 spiro atoms. The lowest BCUT2D eigenvalue weighted by atomic mass is 9.91. The summed E-state index contributed by atoms with van der Waals surface area (Å²) in [4.78, 5) is 35.2. The van der Waals surface area contributed by atoms with Crippen molar-refractivity contribution < 1.29 is 4.79 Å². The summed E-state index contributed by atoms with van der Waals surface area (Å²) in [6.45, 7) is 0. The smallest absolute Gasteiger partial charge is 0.269 e. The zero-order valence-electron chi connectivity index (χ0n) is 14.7. The van der Waals surface area contributed by atoms with Gasteiger partial charge in [-0.15, -0.1) is 0 Å². The average molecular weight is 364 g/mol. The molecule has 8 heteroatoms. The van der Waals surface area contributed by atoms with E-state index in [9.17, 15) is 9.59 Å². The molecule has 0 radical (unpaired) electrons. The van der Waals surface area contributed by atoms with Crippen molar-refractivity contribution in [2.45, 2.75) is 37.8 Å². The second-order valence-electron chi connectivity index (χ2n) is 6.69. The van der Waals surface area contributed by atoms with E-state index < -0.39 is 0 Å². The number of pyridine rings is 1. The third-order valence-electron chi connectivity index (χ3n) is 4.90. The minimum atomic E-state index is -0.148. The lowest BCUT2D eigenvalue weighted by molar-refractivity contribution is 0.0917. The van der Waals surface area contributed by atoms with Gasteiger partial charge in [0.25, 0.3) is 11.5 Å². The first-order chi connectivity index (χ1) is 13.2. The Hall–Kier alpha value is -3.29. The highest BCUT2D eigenvalue weighted by molar-refractivity contribution is 5.92. The molecule has 1 fully saturated rings. The van der Waals surface area contributed by atoms with Gasteiger partial charge in [-0.2, -0.15) is 5.10 Å². The molecule has 27 heavy (non-hydrogen) atoms. The average Bonchev–Trinajstić information content (AvgIpc) is 3.25. The normalized spacial score (nSPS) is 19.6. The molecule has 3 heterocycles. The summed E-state index contributed by atoms with van der Waals surface area (Å²) >= 11 is 0. The fraction of sp³-hybridized carbons (Fsp3) is 0.316. The summed E-state index contributed by atoms with van der Waals surface area (Å²) in [5.74, 6) is -0.148. The largest absolute Gasteiger partial charge is 0.348 e. The number of carbonyl (C=O) groups excluding carboxylic acids is 1. The first-order valence-corrected chi connectivity index (χ1v) is 9.00. The van der Waals surface area contributed by atoms with E-state index in [0.29, 0.717) is 5.69 Å². The highest BCUT2D eigenvalue weighted by Gasteiger charge is 2.25. The number of aromatic amines is 1. The van der Waals surface area contributed by atoms with Crippen LogP contribution in [-0.2, 0) is 0 Å². The van der Waals surface area contributed by atoms with Crippen LogP contribution in [0.3, 0.4) is 0 Å². The second kappa shape index (κ2) is 7.53. The highest BCUT2D eigenvalue weighted by Crippen LogP contribution is 2.27. The molecule has 0 aliphatic heterocycles. The van der Waals surface area contributed by atoms with Crippen LogP contribution < -0.4 is 10.9 Å². The van der Waals surface area contributed by atoms with Crippen molar-refractivity contribution in [1.82, 2.24) is 30.0 Å². The predicted molar refractivity (Wildman–Crippen MR) is 99.1 cm³/mol. The van der Waals surface area contributed by atoms with E-state index in [1.807, 2.05) is 12.1 Å². The van der Waals surface area contributed by atoms with Crippen molar-refractivity contribution in [1.29, 1.82) is 0 Å². The number of imidazole rings is 1. The lowest BCUT2D eigenvalue weighted by Gasteiger charge is -2.29. The minimum Gasteiger partial charge on any atom is -0.348 e. The first kappa shape index (κ1) is 17.1. The molecular weight excluding hydrogens is 344 g/mol. The standard InChI is InChI=1S/C19H20N6O2/c26-18-8-7-16(13-2-1-9-20-10-13)24-25(18)15-5-3-14(4-6-15)23-19(27)17-11-21-12-22-17/h1-2,7-12,14-15H,3-6H2,(H,21,22)(H,23,27). The van der Waals surface area contributed by atoms with E-state index in [-0.39, 0.29) is 23.6 Å². The Morgan fingerprint density at radius 2 is 1.96 bits per heavy atom. The van der Waals surface area contributed by atoms with E-state index in [2.05, 4.69) is 25.4 Å². The summed E-state index contributed by atoms with van der Waals surface area (Å²) in [6.07, 6.45) is 9.62. The van der Waals surface area contributed by atoms with Crippen LogP contribution in [0.25, 0.3) is 11.3 Å². The Morgan fingerprint density at radius 1 is 1.11 bits per heavy atom. The number of aromatic nitrogens is 5. The topological polar surface area (TPSA) is 106 Å². The number of H-pyrrole nitrogens is 1. The van der Waals surface area contributed by atoms with Crippen LogP contribution >= 0.6 is 0 Å². The van der Waals surface area contributed by atoms with Gasteiger partial charge in [-0.3, -0.25) is 14.6 Å². The van der Waals surface area contributed by atoms with Gasteiger partial charge in [0.05, 0.1) is 24.3 Å². The summed E-state index contributed by atoms with van der Waals surface area (Å²) in [7, 11) is 0. The van der Waals surface area contributed by atoms with Crippen molar-refractivity contribution in [3.63, 3.8) is 0 Å². The van der Waals surface area contributed by atoms with Crippen LogP contribution in [0.2, 0.25) is 0 Å². The van der Waals surface area contributed by atoms with E-state index in [1.165, 1.54) is 12.5 Å². The summed E-state index contributed by atoms with van der Waals surface area (Å²) in [5, 5.41) is 7.58. The maximum Gasteiger partial charge on any atom is 0.269 e. The molecule has 1 aliphatic carbocycles. The molecule has 2 N–H and O–H groups in total. The number of rotatable bonds is 4. The molecule has 8 nitrogen and oxygen atoms in total. The van der Waals surface area contributed by atoms with E-state index in [1.54, 1.807) is 29.2 Å². The second-order valence-corrected chi connectivity index (χ2v) is 6.69. The van der Waals surface area contributed by atoms with Crippen molar-refractivity contribution in [3.8, 4) is 11.3 Å².